The molecule has 1 aromatic carbocycles. The van der Waals surface area contributed by atoms with Crippen LogP contribution in [0.25, 0.3) is 0 Å². The Hall–Kier alpha value is -1.82. The molecule has 1 atom stereocenters. The van der Waals surface area contributed by atoms with Gasteiger partial charge >= 0.3 is 6.18 Å². The number of nitrogens with one attached hydrogen (secondary N) is 2. The molecule has 0 saturated carbocycles. The number of benzene rings is 1. The normalized spacial score (nSPS) is 13.1. The van der Waals surface area contributed by atoms with Crippen molar-refractivity contribution in [1.82, 2.24) is 25.3 Å². The van der Waals surface area contributed by atoms with Crippen LogP contribution in [0.5, 0.6) is 0 Å². The smallest absolute Gasteiger partial charge is 0.357 e. The van der Waals surface area contributed by atoms with E-state index in [9.17, 15) is 13.2 Å². The molecule has 1 unspecified atom stereocenters. The van der Waals surface area contributed by atoms with Crippen LogP contribution in [-0.2, 0) is 19.6 Å². The van der Waals surface area contributed by atoms with Gasteiger partial charge in [-0.1, -0.05) is 12.1 Å². The topological polar surface area (TPSA) is 57.5 Å². The lowest BCUT2D eigenvalue weighted by Gasteiger charge is -2.22. The second-order valence-electron chi connectivity index (χ2n) is 7.02. The molecule has 0 radical (unpaired) electrons. The first-order chi connectivity index (χ1) is 13.7. The van der Waals surface area contributed by atoms with E-state index in [0.29, 0.717) is 32.0 Å². The van der Waals surface area contributed by atoms with Crippen molar-refractivity contribution in [2.24, 2.45) is 12.0 Å². The van der Waals surface area contributed by atoms with E-state index in [2.05, 4.69) is 25.6 Å². The van der Waals surface area contributed by atoms with E-state index >= 15 is 0 Å². The minimum Gasteiger partial charge on any atom is -0.357 e. The Kier molecular flexibility index (Phi) is 10.6. The van der Waals surface area contributed by atoms with Crippen LogP contribution in [0, 0.1) is 0 Å². The van der Waals surface area contributed by atoms with Gasteiger partial charge in [-0.25, -0.2) is 0 Å². The number of hydrogen-bond acceptors (Lipinski definition) is 3. The molecular weight excluding hydrogens is 508 g/mol. The van der Waals surface area contributed by atoms with Gasteiger partial charge in [-0.2, -0.15) is 18.3 Å². The molecular formula is C20H30F3IN6. The third-order valence-electron chi connectivity index (χ3n) is 4.49. The number of likely N-dealkylation sites (N-methyl/N-ethyl adjacent to an activating group) is 1. The number of aryl methyl sites for hydroxylation is 1. The van der Waals surface area contributed by atoms with E-state index in [-0.39, 0.29) is 30.0 Å². The fourth-order valence-electron chi connectivity index (χ4n) is 2.88. The maximum absolute atomic E-state index is 12.6. The molecule has 0 saturated heterocycles. The van der Waals surface area contributed by atoms with Gasteiger partial charge in [0, 0.05) is 31.9 Å². The predicted octanol–water partition coefficient (Wildman–Crippen LogP) is 3.46. The van der Waals surface area contributed by atoms with Gasteiger partial charge in [-0.05, 0) is 45.1 Å². The highest BCUT2D eigenvalue weighted by atomic mass is 127. The van der Waals surface area contributed by atoms with Crippen molar-refractivity contribution in [3.05, 3.63) is 53.3 Å². The summed E-state index contributed by atoms with van der Waals surface area (Å²) in [4.78, 5) is 6.75. The van der Waals surface area contributed by atoms with Gasteiger partial charge in [0.2, 0.25) is 0 Å². The van der Waals surface area contributed by atoms with Crippen LogP contribution in [-0.4, -0.2) is 54.4 Å². The molecule has 0 aliphatic heterocycles. The average Bonchev–Trinajstić information content (AvgIpc) is 3.07. The Labute approximate surface area is 193 Å². The van der Waals surface area contributed by atoms with Crippen LogP contribution in [0.3, 0.4) is 0 Å². The summed E-state index contributed by atoms with van der Waals surface area (Å²) in [5.74, 6) is 0.676. The highest BCUT2D eigenvalue weighted by molar-refractivity contribution is 14.0. The molecule has 0 spiro atoms. The molecule has 2 aromatic rings. The van der Waals surface area contributed by atoms with Gasteiger partial charge in [0.1, 0.15) is 0 Å². The second kappa shape index (κ2) is 12.1. The second-order valence-corrected chi connectivity index (χ2v) is 7.02. The lowest BCUT2D eigenvalue weighted by atomic mass is 10.1. The van der Waals surface area contributed by atoms with Gasteiger partial charge in [-0.3, -0.25) is 9.67 Å². The lowest BCUT2D eigenvalue weighted by molar-refractivity contribution is -0.137. The van der Waals surface area contributed by atoms with Crippen LogP contribution in [0.4, 0.5) is 13.2 Å². The van der Waals surface area contributed by atoms with Crippen LogP contribution >= 0.6 is 24.0 Å². The fourth-order valence-corrected chi connectivity index (χ4v) is 2.88. The number of halogens is 4. The molecule has 0 aliphatic carbocycles. The third-order valence-corrected chi connectivity index (χ3v) is 4.49. The molecule has 30 heavy (non-hydrogen) atoms. The van der Waals surface area contributed by atoms with Crippen molar-refractivity contribution in [3.63, 3.8) is 0 Å². The predicted molar refractivity (Wildman–Crippen MR) is 124 cm³/mol. The van der Waals surface area contributed by atoms with E-state index in [1.54, 1.807) is 4.68 Å². The van der Waals surface area contributed by atoms with Crippen LogP contribution in [0.2, 0.25) is 0 Å². The van der Waals surface area contributed by atoms with Crippen LogP contribution < -0.4 is 10.6 Å². The first-order valence-electron chi connectivity index (χ1n) is 9.54. The maximum Gasteiger partial charge on any atom is 0.416 e. The van der Waals surface area contributed by atoms with Crippen LogP contribution in [0.1, 0.15) is 29.7 Å². The van der Waals surface area contributed by atoms with Gasteiger partial charge in [0.15, 0.2) is 5.96 Å². The molecule has 168 valence electrons. The Balaban J connectivity index is 0.00000450. The highest BCUT2D eigenvalue weighted by Crippen LogP contribution is 2.29. The largest absolute Gasteiger partial charge is 0.416 e. The van der Waals surface area contributed by atoms with Gasteiger partial charge < -0.3 is 15.5 Å². The number of aliphatic imine (C=N–C) groups is 1. The maximum atomic E-state index is 12.6. The Morgan fingerprint density at radius 3 is 2.37 bits per heavy atom. The van der Waals surface area contributed by atoms with Crippen molar-refractivity contribution in [2.45, 2.75) is 25.6 Å². The SMILES string of the molecule is CCNC(=NCC(c1cnn(C)c1)N(C)C)NCCc1ccc(C(F)(F)F)cc1.I. The molecule has 0 bridgehead atoms. The van der Waals surface area contributed by atoms with Gasteiger partial charge in [0.25, 0.3) is 0 Å². The zero-order valence-electron chi connectivity index (χ0n) is 17.7. The zero-order valence-corrected chi connectivity index (χ0v) is 20.0. The van der Waals surface area contributed by atoms with E-state index < -0.39 is 11.7 Å². The molecule has 1 aromatic heterocycles. The summed E-state index contributed by atoms with van der Waals surface area (Å²) in [6, 6.07) is 5.35. The lowest BCUT2D eigenvalue weighted by Crippen LogP contribution is -2.39. The number of alkyl halides is 3. The zero-order chi connectivity index (χ0) is 21.4. The van der Waals surface area contributed by atoms with Crippen molar-refractivity contribution >= 4 is 29.9 Å². The summed E-state index contributed by atoms with van der Waals surface area (Å²) in [5, 5.41) is 10.7. The number of hydrogen-bond donors (Lipinski definition) is 2. The van der Waals surface area contributed by atoms with Gasteiger partial charge in [0.05, 0.1) is 24.3 Å². The Morgan fingerprint density at radius 1 is 1.20 bits per heavy atom. The molecule has 0 fully saturated rings. The molecule has 0 aliphatic rings. The number of rotatable bonds is 8. The summed E-state index contributed by atoms with van der Waals surface area (Å²) >= 11 is 0. The van der Waals surface area contributed by atoms with Crippen molar-refractivity contribution < 1.29 is 13.2 Å². The minimum absolute atomic E-state index is 0. The molecule has 2 rings (SSSR count). The number of guanidine groups is 1. The molecule has 0 amide bonds. The Morgan fingerprint density at radius 2 is 1.87 bits per heavy atom. The van der Waals surface area contributed by atoms with E-state index in [0.717, 1.165) is 23.3 Å². The Bertz CT molecular complexity index is 787. The molecule has 2 N–H and O–H groups in total. The first kappa shape index (κ1) is 26.2. The number of nitrogens with zero attached hydrogens (tertiary/aromatic N) is 4. The van der Waals surface area contributed by atoms with Crippen molar-refractivity contribution in [2.75, 3.05) is 33.7 Å². The summed E-state index contributed by atoms with van der Waals surface area (Å²) in [7, 11) is 5.88. The third kappa shape index (κ3) is 8.13. The monoisotopic (exact) mass is 538 g/mol. The first-order valence-corrected chi connectivity index (χ1v) is 9.54. The van der Waals surface area contributed by atoms with Crippen molar-refractivity contribution in [3.8, 4) is 0 Å². The van der Waals surface area contributed by atoms with Crippen molar-refractivity contribution in [1.29, 1.82) is 0 Å². The van der Waals surface area contributed by atoms with E-state index in [4.69, 9.17) is 0 Å². The molecule has 10 heteroatoms. The number of aromatic nitrogens is 2. The molecule has 1 heterocycles. The fraction of sp³-hybridized carbons (Fsp3) is 0.500. The van der Waals surface area contributed by atoms with Gasteiger partial charge in [-0.15, -0.1) is 24.0 Å². The summed E-state index contributed by atoms with van der Waals surface area (Å²) in [6.07, 6.45) is 0.109. The van der Waals surface area contributed by atoms with Crippen LogP contribution in [0.15, 0.2) is 41.7 Å². The highest BCUT2D eigenvalue weighted by Gasteiger charge is 2.29. The molecule has 6 nitrogen and oxygen atoms in total. The van der Waals surface area contributed by atoms with E-state index in [1.165, 1.54) is 12.1 Å². The van der Waals surface area contributed by atoms with E-state index in [1.807, 2.05) is 40.5 Å². The minimum atomic E-state index is -4.31. The summed E-state index contributed by atoms with van der Waals surface area (Å²) in [5.41, 5.74) is 1.29. The standard InChI is InChI=1S/C20H29F3N6.HI/c1-5-24-19(26-13-18(28(2)3)16-12-27-29(4)14-16)25-11-10-15-6-8-17(9-7-15)20(21,22)23;/h6-9,12,14,18H,5,10-11,13H2,1-4H3,(H2,24,25,26);1H. The summed E-state index contributed by atoms with van der Waals surface area (Å²) in [6.45, 7) is 3.81. The quantitative estimate of drug-likeness (QED) is 0.307. The summed E-state index contributed by atoms with van der Waals surface area (Å²) < 4.78 is 39.7. The average molecular weight is 538 g/mol.